The molecule has 2 unspecified atom stereocenters. The molecule has 2 aliphatic heterocycles. The van der Waals surface area contributed by atoms with Crippen molar-refractivity contribution in [2.75, 3.05) is 43.9 Å². The van der Waals surface area contributed by atoms with Crippen molar-refractivity contribution in [3.63, 3.8) is 0 Å². The van der Waals surface area contributed by atoms with E-state index in [4.69, 9.17) is 4.74 Å². The summed E-state index contributed by atoms with van der Waals surface area (Å²) in [5.41, 5.74) is 2.16. The number of aryl methyl sites for hydroxylation is 1. The Balaban J connectivity index is 1.28. The zero-order valence-corrected chi connectivity index (χ0v) is 20.0. The van der Waals surface area contributed by atoms with Crippen molar-refractivity contribution < 1.29 is 13.2 Å². The van der Waals surface area contributed by atoms with E-state index in [0.29, 0.717) is 37.5 Å². The van der Waals surface area contributed by atoms with Crippen LogP contribution >= 0.6 is 0 Å². The molecule has 2 aliphatic rings. The smallest absolute Gasteiger partial charge is 0.225 e. The fourth-order valence-electron chi connectivity index (χ4n) is 4.51. The summed E-state index contributed by atoms with van der Waals surface area (Å²) in [4.78, 5) is 15.9. The van der Waals surface area contributed by atoms with Gasteiger partial charge in [0.15, 0.2) is 0 Å². The van der Waals surface area contributed by atoms with Gasteiger partial charge in [-0.05, 0) is 42.9 Å². The summed E-state index contributed by atoms with van der Waals surface area (Å²) in [6.45, 7) is 7.93. The first kappa shape index (κ1) is 22.9. The van der Waals surface area contributed by atoms with Crippen molar-refractivity contribution in [3.05, 3.63) is 42.0 Å². The summed E-state index contributed by atoms with van der Waals surface area (Å²) in [7, 11) is -3.10. The molecule has 2 fully saturated rings. The molecule has 0 N–H and O–H groups in total. The molecule has 0 radical (unpaired) electrons. The van der Waals surface area contributed by atoms with Crippen LogP contribution in [-0.2, 0) is 16.4 Å². The fourth-order valence-corrected chi connectivity index (χ4v) is 5.39. The second-order valence-corrected chi connectivity index (χ2v) is 11.0. The second kappa shape index (κ2) is 9.70. The maximum Gasteiger partial charge on any atom is 0.225 e. The van der Waals surface area contributed by atoms with Crippen molar-refractivity contribution in [2.45, 2.75) is 39.0 Å². The Bertz CT molecular complexity index is 989. The van der Waals surface area contributed by atoms with Gasteiger partial charge in [0.05, 0.1) is 19.1 Å². The van der Waals surface area contributed by atoms with Gasteiger partial charge in [0.25, 0.3) is 0 Å². The van der Waals surface area contributed by atoms with Crippen LogP contribution in [0, 0.1) is 11.8 Å². The van der Waals surface area contributed by atoms with Crippen molar-refractivity contribution in [1.82, 2.24) is 19.3 Å². The number of pyridine rings is 1. The van der Waals surface area contributed by atoms with Crippen LogP contribution in [0.4, 0.5) is 5.95 Å². The molecule has 8 nitrogen and oxygen atoms in total. The van der Waals surface area contributed by atoms with Gasteiger partial charge in [-0.3, -0.25) is 4.98 Å². The van der Waals surface area contributed by atoms with Crippen LogP contribution in [0.2, 0.25) is 0 Å². The molecular weight excluding hydrogens is 426 g/mol. The number of rotatable bonds is 7. The number of piperidine rings is 1. The molecule has 0 aliphatic carbocycles. The Morgan fingerprint density at radius 1 is 1.06 bits per heavy atom. The zero-order valence-electron chi connectivity index (χ0n) is 19.1. The van der Waals surface area contributed by atoms with Gasteiger partial charge in [-0.2, -0.15) is 0 Å². The van der Waals surface area contributed by atoms with Gasteiger partial charge in [0.1, 0.15) is 5.75 Å². The highest BCUT2D eigenvalue weighted by Gasteiger charge is 2.31. The van der Waals surface area contributed by atoms with Gasteiger partial charge in [0, 0.05) is 56.1 Å². The Morgan fingerprint density at radius 2 is 1.78 bits per heavy atom. The largest absolute Gasteiger partial charge is 0.492 e. The molecule has 4 rings (SSSR count). The van der Waals surface area contributed by atoms with Gasteiger partial charge < -0.3 is 9.64 Å². The standard InChI is InChI=1S/C23H33N5O3S/c1-4-18-11-25-23(26-12-18)27-14-17(2)20(15-27)16-31-21-5-6-22(24-13-21)19-7-9-28(10-8-19)32(3,29)30/h5-6,11-13,17,19-20H,4,7-10,14-16H2,1-3H3. The average molecular weight is 460 g/mol. The van der Waals surface area contributed by atoms with Gasteiger partial charge in [-0.1, -0.05) is 13.8 Å². The number of nitrogens with zero attached hydrogens (tertiary/aromatic N) is 5. The quantitative estimate of drug-likeness (QED) is 0.629. The number of anilines is 1. The molecule has 2 atom stereocenters. The second-order valence-electron chi connectivity index (χ2n) is 9.05. The summed E-state index contributed by atoms with van der Waals surface area (Å²) in [6.07, 6.45) is 9.44. The molecule has 0 bridgehead atoms. The summed E-state index contributed by atoms with van der Waals surface area (Å²) in [5, 5.41) is 0. The number of sulfonamides is 1. The first-order valence-corrected chi connectivity index (χ1v) is 13.3. The summed E-state index contributed by atoms with van der Waals surface area (Å²) in [5.74, 6) is 2.77. The molecule has 4 heterocycles. The minimum absolute atomic E-state index is 0.296. The lowest BCUT2D eigenvalue weighted by molar-refractivity contribution is 0.232. The third kappa shape index (κ3) is 5.38. The predicted molar refractivity (Wildman–Crippen MR) is 124 cm³/mol. The molecule has 2 aromatic heterocycles. The lowest BCUT2D eigenvalue weighted by Gasteiger charge is -2.29. The van der Waals surface area contributed by atoms with E-state index in [9.17, 15) is 8.42 Å². The van der Waals surface area contributed by atoms with E-state index >= 15 is 0 Å². The topological polar surface area (TPSA) is 88.5 Å². The highest BCUT2D eigenvalue weighted by molar-refractivity contribution is 7.88. The SMILES string of the molecule is CCc1cnc(N2CC(C)C(COc3ccc(C4CCN(S(C)(=O)=O)CC4)nc3)C2)nc1. The van der Waals surface area contributed by atoms with E-state index in [2.05, 4.69) is 33.7 Å². The molecule has 2 aromatic rings. The van der Waals surface area contributed by atoms with E-state index < -0.39 is 10.0 Å². The maximum atomic E-state index is 11.7. The zero-order chi connectivity index (χ0) is 22.7. The fraction of sp³-hybridized carbons (Fsp3) is 0.609. The minimum atomic E-state index is -3.10. The Kier molecular flexibility index (Phi) is 6.95. The van der Waals surface area contributed by atoms with E-state index in [1.54, 1.807) is 10.5 Å². The molecule has 9 heteroatoms. The third-order valence-electron chi connectivity index (χ3n) is 6.72. The normalized spacial score (nSPS) is 22.9. The molecule has 0 amide bonds. The first-order chi connectivity index (χ1) is 15.3. The molecule has 174 valence electrons. The van der Waals surface area contributed by atoms with Crippen molar-refractivity contribution in [3.8, 4) is 5.75 Å². The summed E-state index contributed by atoms with van der Waals surface area (Å²) < 4.78 is 31.0. The lowest BCUT2D eigenvalue weighted by atomic mass is 9.94. The molecular formula is C23H33N5O3S. The number of hydrogen-bond acceptors (Lipinski definition) is 7. The molecule has 32 heavy (non-hydrogen) atoms. The van der Waals surface area contributed by atoms with E-state index in [1.807, 2.05) is 24.5 Å². The summed E-state index contributed by atoms with van der Waals surface area (Å²) >= 11 is 0. The predicted octanol–water partition coefficient (Wildman–Crippen LogP) is 2.72. The van der Waals surface area contributed by atoms with Crippen LogP contribution in [-0.4, -0.2) is 66.7 Å². The highest BCUT2D eigenvalue weighted by Crippen LogP contribution is 2.29. The molecule has 0 saturated carbocycles. The minimum Gasteiger partial charge on any atom is -0.492 e. The van der Waals surface area contributed by atoms with Crippen molar-refractivity contribution in [1.29, 1.82) is 0 Å². The van der Waals surface area contributed by atoms with Crippen LogP contribution in [0.25, 0.3) is 0 Å². The Morgan fingerprint density at radius 3 is 2.38 bits per heavy atom. The van der Waals surface area contributed by atoms with Gasteiger partial charge >= 0.3 is 0 Å². The monoisotopic (exact) mass is 459 g/mol. The van der Waals surface area contributed by atoms with E-state index in [0.717, 1.165) is 55.3 Å². The molecule has 0 spiro atoms. The highest BCUT2D eigenvalue weighted by atomic mass is 32.2. The van der Waals surface area contributed by atoms with Gasteiger partial charge in [-0.15, -0.1) is 0 Å². The summed E-state index contributed by atoms with van der Waals surface area (Å²) in [6, 6.07) is 4.00. The molecule has 0 aromatic carbocycles. The van der Waals surface area contributed by atoms with Gasteiger partial charge in [-0.25, -0.2) is 22.7 Å². The lowest BCUT2D eigenvalue weighted by Crippen LogP contribution is -2.37. The van der Waals surface area contributed by atoms with Crippen LogP contribution in [0.5, 0.6) is 5.75 Å². The van der Waals surface area contributed by atoms with E-state index in [1.165, 1.54) is 6.26 Å². The van der Waals surface area contributed by atoms with Crippen LogP contribution in [0.15, 0.2) is 30.7 Å². The number of hydrogen-bond donors (Lipinski definition) is 0. The van der Waals surface area contributed by atoms with Crippen LogP contribution in [0.1, 0.15) is 43.9 Å². The average Bonchev–Trinajstić information content (AvgIpc) is 3.18. The van der Waals surface area contributed by atoms with E-state index in [-0.39, 0.29) is 0 Å². The number of aromatic nitrogens is 3. The maximum absolute atomic E-state index is 11.7. The third-order valence-corrected chi connectivity index (χ3v) is 8.02. The van der Waals surface area contributed by atoms with Crippen LogP contribution < -0.4 is 9.64 Å². The van der Waals surface area contributed by atoms with Crippen LogP contribution in [0.3, 0.4) is 0 Å². The Labute approximate surface area is 191 Å². The van der Waals surface area contributed by atoms with Crippen molar-refractivity contribution >= 4 is 16.0 Å². The molecule has 2 saturated heterocycles. The first-order valence-electron chi connectivity index (χ1n) is 11.4. The Hall–Kier alpha value is -2.26. The number of ether oxygens (including phenoxy) is 1. The van der Waals surface area contributed by atoms with Crippen molar-refractivity contribution in [2.24, 2.45) is 11.8 Å². The van der Waals surface area contributed by atoms with Gasteiger partial charge in [0.2, 0.25) is 16.0 Å².